The number of aromatic carboxylic acids is 1. The molecule has 0 bridgehead atoms. The molecule has 1 aliphatic heterocycles. The van der Waals surface area contributed by atoms with E-state index in [0.717, 1.165) is 33.2 Å². The molecule has 1 amide bonds. The van der Waals surface area contributed by atoms with Crippen LogP contribution in [0.2, 0.25) is 0 Å². The van der Waals surface area contributed by atoms with Crippen LogP contribution >= 0.6 is 0 Å². The van der Waals surface area contributed by atoms with E-state index in [0.29, 0.717) is 43.1 Å². The summed E-state index contributed by atoms with van der Waals surface area (Å²) in [7, 11) is 0. The Hall–Kier alpha value is -6.47. The van der Waals surface area contributed by atoms with Crippen LogP contribution in [0.3, 0.4) is 0 Å². The zero-order valence-corrected chi connectivity index (χ0v) is 28.6. The highest BCUT2D eigenvalue weighted by Gasteiger charge is 2.37. The monoisotopic (exact) mass is 714 g/mol. The number of aromatic nitrogens is 6. The predicted molar refractivity (Wildman–Crippen MR) is 197 cm³/mol. The molecule has 5 heterocycles. The Balaban J connectivity index is 0.000000242. The standard InChI is InChI=1S/C29H26F2N6O.C11H10N2O2/c30-29(31)10-11-36(19-29)16-21-6-8-22(9-7-21)23-12-25-26(15-33-27(25)32-13-23)35-28(38)24-14-34-37(18-24)17-20-4-2-1-3-5-20;14-11(15)10-6-12-13(8-10)7-9-4-2-1-3-5-9/h1-9,12-15,18H,10-11,16-17,19H2,(H,32,33)(H,35,38);1-6,8H,7H2,(H,14,15). The summed E-state index contributed by atoms with van der Waals surface area (Å²) in [5.41, 5.74) is 7.00. The van der Waals surface area contributed by atoms with Gasteiger partial charge in [-0.2, -0.15) is 10.2 Å². The highest BCUT2D eigenvalue weighted by Crippen LogP contribution is 2.30. The maximum absolute atomic E-state index is 13.5. The minimum Gasteiger partial charge on any atom is -0.478 e. The first-order valence-electron chi connectivity index (χ1n) is 17.0. The Morgan fingerprint density at radius 1 is 0.774 bits per heavy atom. The van der Waals surface area contributed by atoms with Gasteiger partial charge in [0.1, 0.15) is 5.65 Å². The number of benzene rings is 3. The molecule has 3 aromatic carbocycles. The Kier molecular flexibility index (Phi) is 10.2. The lowest BCUT2D eigenvalue weighted by Crippen LogP contribution is -2.24. The molecular weight excluding hydrogens is 678 g/mol. The van der Waals surface area contributed by atoms with Gasteiger partial charge in [-0.1, -0.05) is 84.9 Å². The summed E-state index contributed by atoms with van der Waals surface area (Å²) >= 11 is 0. The highest BCUT2D eigenvalue weighted by molar-refractivity contribution is 6.08. The van der Waals surface area contributed by atoms with Gasteiger partial charge in [0.25, 0.3) is 11.8 Å². The molecule has 1 fully saturated rings. The number of hydrogen-bond acceptors (Lipinski definition) is 6. The maximum Gasteiger partial charge on any atom is 0.338 e. The van der Waals surface area contributed by atoms with Crippen LogP contribution < -0.4 is 5.32 Å². The van der Waals surface area contributed by atoms with Crippen molar-refractivity contribution in [3.8, 4) is 11.1 Å². The summed E-state index contributed by atoms with van der Waals surface area (Å²) in [6.07, 6.45) is 9.58. The van der Waals surface area contributed by atoms with Crippen LogP contribution in [-0.4, -0.2) is 70.4 Å². The van der Waals surface area contributed by atoms with Crippen molar-refractivity contribution in [3.05, 3.63) is 156 Å². The number of carboxylic acids is 1. The summed E-state index contributed by atoms with van der Waals surface area (Å²) in [5, 5.41) is 20.8. The van der Waals surface area contributed by atoms with Crippen molar-refractivity contribution >= 4 is 28.6 Å². The first-order chi connectivity index (χ1) is 25.7. The molecule has 0 unspecified atom stereocenters. The number of anilines is 1. The summed E-state index contributed by atoms with van der Waals surface area (Å²) in [6, 6.07) is 29.5. The first kappa shape index (κ1) is 35.0. The third-order valence-corrected chi connectivity index (χ3v) is 8.87. The minimum absolute atomic E-state index is 0.0810. The molecule has 0 atom stereocenters. The zero-order valence-electron chi connectivity index (χ0n) is 28.6. The number of H-pyrrole nitrogens is 1. The quantitative estimate of drug-likeness (QED) is 0.137. The molecule has 3 N–H and O–H groups in total. The van der Waals surface area contributed by atoms with Crippen molar-refractivity contribution in [2.45, 2.75) is 32.0 Å². The van der Waals surface area contributed by atoms with Gasteiger partial charge in [-0.15, -0.1) is 0 Å². The van der Waals surface area contributed by atoms with Crippen LogP contribution in [0.4, 0.5) is 14.5 Å². The van der Waals surface area contributed by atoms with Crippen molar-refractivity contribution in [1.82, 2.24) is 34.4 Å². The number of likely N-dealkylation sites (tertiary alicyclic amines) is 1. The van der Waals surface area contributed by atoms with Crippen molar-refractivity contribution in [2.24, 2.45) is 0 Å². The number of fused-ring (bicyclic) bond motifs is 1. The van der Waals surface area contributed by atoms with Gasteiger partial charge < -0.3 is 15.4 Å². The number of carboxylic acid groups (broad SMARTS) is 1. The Morgan fingerprint density at radius 2 is 1.38 bits per heavy atom. The summed E-state index contributed by atoms with van der Waals surface area (Å²) < 4.78 is 30.3. The largest absolute Gasteiger partial charge is 0.478 e. The third-order valence-electron chi connectivity index (χ3n) is 8.87. The molecule has 0 aliphatic carbocycles. The minimum atomic E-state index is -2.59. The molecule has 7 aromatic rings. The van der Waals surface area contributed by atoms with Crippen molar-refractivity contribution in [3.63, 3.8) is 0 Å². The van der Waals surface area contributed by atoms with Crippen LogP contribution in [0, 0.1) is 0 Å². The van der Waals surface area contributed by atoms with E-state index in [9.17, 15) is 18.4 Å². The number of rotatable bonds is 10. The van der Waals surface area contributed by atoms with Gasteiger partial charge in [0, 0.05) is 55.2 Å². The number of nitrogens with zero attached hydrogens (tertiary/aromatic N) is 6. The first-order valence-corrected chi connectivity index (χ1v) is 17.0. The second-order valence-corrected chi connectivity index (χ2v) is 12.9. The molecule has 1 saturated heterocycles. The van der Waals surface area contributed by atoms with Crippen molar-refractivity contribution < 1.29 is 23.5 Å². The SMILES string of the molecule is O=C(Nc1c[nH]c2ncc(-c3ccc(CN4CCC(F)(F)C4)cc3)cc12)c1cnn(Cc2ccccc2)c1.O=C(O)c1cnn(Cc2ccccc2)c1. The fourth-order valence-electron chi connectivity index (χ4n) is 6.13. The molecule has 268 valence electrons. The fraction of sp³-hybridized carbons (Fsp3) is 0.175. The van der Waals surface area contributed by atoms with E-state index < -0.39 is 11.9 Å². The number of aromatic amines is 1. The maximum atomic E-state index is 13.5. The predicted octanol–water partition coefficient (Wildman–Crippen LogP) is 7.20. The summed E-state index contributed by atoms with van der Waals surface area (Å²) in [5.74, 6) is -3.80. The third kappa shape index (κ3) is 8.89. The molecule has 8 rings (SSSR count). The second kappa shape index (κ2) is 15.4. The second-order valence-electron chi connectivity index (χ2n) is 12.9. The molecular formula is C40H36F2N8O3. The van der Waals surface area contributed by atoms with Gasteiger partial charge in [0.05, 0.1) is 48.8 Å². The van der Waals surface area contributed by atoms with Crippen molar-refractivity contribution in [1.29, 1.82) is 0 Å². The molecule has 0 saturated carbocycles. The van der Waals surface area contributed by atoms with E-state index >= 15 is 0 Å². The number of carbonyl (C=O) groups excluding carboxylic acids is 1. The molecule has 13 heteroatoms. The van der Waals surface area contributed by atoms with E-state index in [1.54, 1.807) is 39.1 Å². The lowest BCUT2D eigenvalue weighted by atomic mass is 10.0. The van der Waals surface area contributed by atoms with Crippen LogP contribution in [0.25, 0.3) is 22.2 Å². The van der Waals surface area contributed by atoms with Gasteiger partial charge in [0.2, 0.25) is 0 Å². The Morgan fingerprint density at radius 3 is 1.96 bits per heavy atom. The fourth-order valence-corrected chi connectivity index (χ4v) is 6.13. The van der Waals surface area contributed by atoms with Gasteiger partial charge in [-0.05, 0) is 28.3 Å². The molecule has 0 radical (unpaired) electrons. The number of amides is 1. The lowest BCUT2D eigenvalue weighted by Gasteiger charge is -2.15. The zero-order chi connectivity index (χ0) is 36.8. The average Bonchev–Trinajstić information content (AvgIpc) is 3.98. The molecule has 53 heavy (non-hydrogen) atoms. The topological polar surface area (TPSA) is 134 Å². The van der Waals surface area contributed by atoms with Crippen LogP contribution in [0.15, 0.2) is 128 Å². The molecule has 11 nitrogen and oxygen atoms in total. The smallest absolute Gasteiger partial charge is 0.338 e. The van der Waals surface area contributed by atoms with E-state index in [1.165, 1.54) is 12.4 Å². The number of alkyl halides is 2. The normalized spacial score (nSPS) is 13.8. The lowest BCUT2D eigenvalue weighted by molar-refractivity contribution is 0.0115. The van der Waals surface area contributed by atoms with E-state index in [4.69, 9.17) is 5.11 Å². The van der Waals surface area contributed by atoms with E-state index in [2.05, 4.69) is 25.5 Å². The number of pyridine rings is 1. The van der Waals surface area contributed by atoms with E-state index in [1.807, 2.05) is 91.0 Å². The number of hydrogen-bond donors (Lipinski definition) is 3. The summed E-state index contributed by atoms with van der Waals surface area (Å²) in [4.78, 5) is 33.0. The van der Waals surface area contributed by atoms with Crippen molar-refractivity contribution in [2.75, 3.05) is 18.4 Å². The van der Waals surface area contributed by atoms with Gasteiger partial charge >= 0.3 is 5.97 Å². The molecule has 4 aromatic heterocycles. The number of nitrogens with one attached hydrogen (secondary N) is 2. The summed E-state index contributed by atoms with van der Waals surface area (Å²) in [6.45, 7) is 1.89. The number of carbonyl (C=O) groups is 2. The van der Waals surface area contributed by atoms with Crippen LogP contribution in [-0.2, 0) is 19.6 Å². The van der Waals surface area contributed by atoms with Gasteiger partial charge in [-0.25, -0.2) is 18.6 Å². The average molecular weight is 715 g/mol. The molecule has 1 aliphatic rings. The Labute approximate surface area is 303 Å². The van der Waals surface area contributed by atoms with Gasteiger partial charge in [0.15, 0.2) is 0 Å². The van der Waals surface area contributed by atoms with Crippen LogP contribution in [0.1, 0.15) is 43.8 Å². The van der Waals surface area contributed by atoms with Gasteiger partial charge in [-0.3, -0.25) is 19.1 Å². The van der Waals surface area contributed by atoms with Crippen LogP contribution in [0.5, 0.6) is 0 Å². The Bertz CT molecular complexity index is 2320. The molecule has 0 spiro atoms. The highest BCUT2D eigenvalue weighted by atomic mass is 19.3. The van der Waals surface area contributed by atoms with E-state index in [-0.39, 0.29) is 24.4 Å². The number of halogens is 2.